The molecule has 0 bridgehead atoms. The van der Waals surface area contributed by atoms with E-state index in [0.29, 0.717) is 5.69 Å². The van der Waals surface area contributed by atoms with Crippen LogP contribution in [0.25, 0.3) is 0 Å². The van der Waals surface area contributed by atoms with Gasteiger partial charge >= 0.3 is 0 Å². The molecule has 0 aromatic carbocycles. The standard InChI is InChI=1S/C6H3Cl2N3/c1-3-5(7)11-6(8)4(2-9)10-3/h1H3. The van der Waals surface area contributed by atoms with E-state index in [2.05, 4.69) is 9.97 Å². The number of halogens is 2. The van der Waals surface area contributed by atoms with Crippen LogP contribution in [0.5, 0.6) is 0 Å². The molecule has 0 saturated carbocycles. The van der Waals surface area contributed by atoms with Crippen LogP contribution in [-0.2, 0) is 0 Å². The number of nitriles is 1. The fourth-order valence-corrected chi connectivity index (χ4v) is 0.890. The lowest BCUT2D eigenvalue weighted by Gasteiger charge is -1.96. The molecular formula is C6H3Cl2N3. The minimum absolute atomic E-state index is 0.0445. The monoisotopic (exact) mass is 187 g/mol. The molecule has 1 aromatic rings. The summed E-state index contributed by atoms with van der Waals surface area (Å²) in [6.07, 6.45) is 0. The third-order valence-corrected chi connectivity index (χ3v) is 1.70. The van der Waals surface area contributed by atoms with Gasteiger partial charge in [-0.3, -0.25) is 0 Å². The molecule has 0 saturated heterocycles. The molecule has 0 aliphatic rings. The van der Waals surface area contributed by atoms with Crippen LogP contribution in [0.1, 0.15) is 11.4 Å². The van der Waals surface area contributed by atoms with Crippen LogP contribution in [0.3, 0.4) is 0 Å². The number of aromatic nitrogens is 2. The quantitative estimate of drug-likeness (QED) is 0.625. The summed E-state index contributed by atoms with van der Waals surface area (Å²) in [7, 11) is 0. The van der Waals surface area contributed by atoms with E-state index in [-0.39, 0.29) is 16.0 Å². The fraction of sp³-hybridized carbons (Fsp3) is 0.167. The highest BCUT2D eigenvalue weighted by Crippen LogP contribution is 2.16. The summed E-state index contributed by atoms with van der Waals surface area (Å²) in [5.74, 6) is 0. The largest absolute Gasteiger partial charge is 0.236 e. The van der Waals surface area contributed by atoms with Crippen molar-refractivity contribution >= 4 is 23.2 Å². The van der Waals surface area contributed by atoms with Gasteiger partial charge in [0.25, 0.3) is 0 Å². The molecule has 0 amide bonds. The maximum atomic E-state index is 8.45. The molecule has 0 atom stereocenters. The van der Waals surface area contributed by atoms with E-state index in [4.69, 9.17) is 28.5 Å². The van der Waals surface area contributed by atoms with Gasteiger partial charge in [0.2, 0.25) is 0 Å². The number of nitrogens with zero attached hydrogens (tertiary/aromatic N) is 3. The third-order valence-electron chi connectivity index (χ3n) is 1.08. The molecule has 0 aliphatic heterocycles. The van der Waals surface area contributed by atoms with Gasteiger partial charge in [-0.05, 0) is 6.92 Å². The molecule has 0 fully saturated rings. The average molecular weight is 188 g/mol. The molecule has 1 rings (SSSR count). The Morgan fingerprint density at radius 1 is 1.27 bits per heavy atom. The minimum Gasteiger partial charge on any atom is -0.236 e. The van der Waals surface area contributed by atoms with E-state index in [9.17, 15) is 0 Å². The van der Waals surface area contributed by atoms with Gasteiger partial charge in [0.1, 0.15) is 6.07 Å². The number of hydrogen-bond acceptors (Lipinski definition) is 3. The molecule has 1 aromatic heterocycles. The van der Waals surface area contributed by atoms with Gasteiger partial charge in [0, 0.05) is 0 Å². The van der Waals surface area contributed by atoms with E-state index in [0.717, 1.165) is 0 Å². The van der Waals surface area contributed by atoms with Crippen molar-refractivity contribution in [2.24, 2.45) is 0 Å². The van der Waals surface area contributed by atoms with E-state index >= 15 is 0 Å². The Kier molecular flexibility index (Phi) is 2.28. The van der Waals surface area contributed by atoms with Crippen LogP contribution in [0.2, 0.25) is 10.3 Å². The third kappa shape index (κ3) is 1.59. The maximum Gasteiger partial charge on any atom is 0.178 e. The molecule has 0 N–H and O–H groups in total. The van der Waals surface area contributed by atoms with Crippen LogP contribution in [0.15, 0.2) is 0 Å². The van der Waals surface area contributed by atoms with Gasteiger partial charge in [0.05, 0.1) is 5.69 Å². The van der Waals surface area contributed by atoms with Gasteiger partial charge in [-0.1, -0.05) is 23.2 Å². The average Bonchev–Trinajstić information content (AvgIpc) is 1.97. The summed E-state index contributed by atoms with van der Waals surface area (Å²) in [5.41, 5.74) is 0.612. The van der Waals surface area contributed by atoms with Crippen molar-refractivity contribution in [2.45, 2.75) is 6.92 Å². The van der Waals surface area contributed by atoms with Crippen LogP contribution >= 0.6 is 23.2 Å². The lowest BCUT2D eigenvalue weighted by Crippen LogP contribution is -1.93. The predicted molar refractivity (Wildman–Crippen MR) is 41.5 cm³/mol. The molecule has 0 aliphatic carbocycles. The Bertz CT molecular complexity index is 329. The molecular weight excluding hydrogens is 185 g/mol. The summed E-state index contributed by atoms with van der Waals surface area (Å²) >= 11 is 11.1. The molecule has 1 heterocycles. The zero-order chi connectivity index (χ0) is 8.43. The molecule has 0 radical (unpaired) electrons. The summed E-state index contributed by atoms with van der Waals surface area (Å²) in [6.45, 7) is 1.66. The predicted octanol–water partition coefficient (Wildman–Crippen LogP) is 1.96. The molecule has 0 unspecified atom stereocenters. The zero-order valence-electron chi connectivity index (χ0n) is 5.60. The molecule has 3 nitrogen and oxygen atoms in total. The van der Waals surface area contributed by atoms with Crippen molar-refractivity contribution in [1.29, 1.82) is 5.26 Å². The first-order valence-corrected chi connectivity index (χ1v) is 3.50. The van der Waals surface area contributed by atoms with Crippen molar-refractivity contribution in [1.82, 2.24) is 9.97 Å². The number of aryl methyl sites for hydroxylation is 1. The van der Waals surface area contributed by atoms with Crippen molar-refractivity contribution in [2.75, 3.05) is 0 Å². The lowest BCUT2D eigenvalue weighted by molar-refractivity contribution is 1.09. The van der Waals surface area contributed by atoms with Crippen molar-refractivity contribution < 1.29 is 0 Å². The van der Waals surface area contributed by atoms with E-state index in [1.54, 1.807) is 13.0 Å². The van der Waals surface area contributed by atoms with Crippen LogP contribution < -0.4 is 0 Å². The van der Waals surface area contributed by atoms with Gasteiger partial charge in [0.15, 0.2) is 16.0 Å². The highest BCUT2D eigenvalue weighted by molar-refractivity contribution is 6.33. The lowest BCUT2D eigenvalue weighted by atomic mass is 10.4. The molecule has 0 spiro atoms. The summed E-state index contributed by atoms with van der Waals surface area (Å²) in [6, 6.07) is 1.80. The van der Waals surface area contributed by atoms with Gasteiger partial charge in [-0.25, -0.2) is 9.97 Å². The van der Waals surface area contributed by atoms with Gasteiger partial charge in [-0.2, -0.15) is 5.26 Å². The van der Waals surface area contributed by atoms with E-state index in [1.807, 2.05) is 0 Å². The molecule has 5 heteroatoms. The Morgan fingerprint density at radius 2 is 1.91 bits per heavy atom. The highest BCUT2D eigenvalue weighted by atomic mass is 35.5. The molecule has 56 valence electrons. The van der Waals surface area contributed by atoms with Crippen LogP contribution in [0, 0.1) is 18.3 Å². The normalized spacial score (nSPS) is 9.27. The van der Waals surface area contributed by atoms with Crippen molar-refractivity contribution in [3.8, 4) is 6.07 Å². The first-order valence-electron chi connectivity index (χ1n) is 2.75. The number of hydrogen-bond donors (Lipinski definition) is 0. The minimum atomic E-state index is 0.0445. The van der Waals surface area contributed by atoms with Crippen molar-refractivity contribution in [3.05, 3.63) is 21.7 Å². The topological polar surface area (TPSA) is 49.6 Å². The Hall–Kier alpha value is -0.850. The van der Waals surface area contributed by atoms with Crippen LogP contribution in [-0.4, -0.2) is 9.97 Å². The van der Waals surface area contributed by atoms with E-state index in [1.165, 1.54) is 0 Å². The maximum absolute atomic E-state index is 8.45. The first-order chi connectivity index (χ1) is 5.15. The second-order valence-corrected chi connectivity index (χ2v) is 2.57. The van der Waals surface area contributed by atoms with Gasteiger partial charge < -0.3 is 0 Å². The second-order valence-electron chi connectivity index (χ2n) is 1.85. The molecule has 11 heavy (non-hydrogen) atoms. The Balaban J connectivity index is 3.35. The first kappa shape index (κ1) is 8.25. The van der Waals surface area contributed by atoms with Gasteiger partial charge in [-0.15, -0.1) is 0 Å². The Morgan fingerprint density at radius 3 is 2.45 bits per heavy atom. The Labute approximate surface area is 73.6 Å². The fourth-order valence-electron chi connectivity index (χ4n) is 0.551. The van der Waals surface area contributed by atoms with Crippen molar-refractivity contribution in [3.63, 3.8) is 0 Å². The smallest absolute Gasteiger partial charge is 0.178 e. The van der Waals surface area contributed by atoms with E-state index < -0.39 is 0 Å². The summed E-state index contributed by atoms with van der Waals surface area (Å²) in [5, 5.41) is 8.73. The van der Waals surface area contributed by atoms with Crippen LogP contribution in [0.4, 0.5) is 0 Å². The summed E-state index contributed by atoms with van der Waals surface area (Å²) in [4.78, 5) is 7.49. The summed E-state index contributed by atoms with van der Waals surface area (Å²) < 4.78 is 0. The second kappa shape index (κ2) is 3.04. The zero-order valence-corrected chi connectivity index (χ0v) is 7.11. The highest BCUT2D eigenvalue weighted by Gasteiger charge is 2.06. The number of rotatable bonds is 0. The SMILES string of the molecule is Cc1nc(C#N)c(Cl)nc1Cl.